The number of hydrogen-bond acceptors (Lipinski definition) is 8. The molecular weight excluding hydrogens is 348 g/mol. The Labute approximate surface area is 149 Å². The number of carbonyl (C=O) groups excluding carboxylic acids is 3. The summed E-state index contributed by atoms with van der Waals surface area (Å²) in [7, 11) is 0. The molecule has 0 fully saturated rings. The predicted octanol–water partition coefficient (Wildman–Crippen LogP) is 0.749. The smallest absolute Gasteiger partial charge is 0.413 e. The van der Waals surface area contributed by atoms with Crippen molar-refractivity contribution in [2.45, 2.75) is 26.8 Å². The van der Waals surface area contributed by atoms with E-state index in [2.05, 4.69) is 15.6 Å². The van der Waals surface area contributed by atoms with Gasteiger partial charge in [-0.1, -0.05) is 11.3 Å². The van der Waals surface area contributed by atoms with Gasteiger partial charge in [0.05, 0.1) is 25.5 Å². The average molecular weight is 370 g/mol. The van der Waals surface area contributed by atoms with E-state index >= 15 is 0 Å². The molecule has 0 aliphatic carbocycles. The first kappa shape index (κ1) is 19.1. The van der Waals surface area contributed by atoms with Gasteiger partial charge in [0, 0.05) is 24.4 Å². The van der Waals surface area contributed by atoms with E-state index in [1.165, 1.54) is 11.3 Å². The van der Waals surface area contributed by atoms with Crippen LogP contribution in [0.4, 0.5) is 9.93 Å². The number of anilines is 1. The molecule has 0 bridgehead atoms. The van der Waals surface area contributed by atoms with Gasteiger partial charge in [0.25, 0.3) is 0 Å². The summed E-state index contributed by atoms with van der Waals surface area (Å²) in [5, 5.41) is 5.64. The van der Waals surface area contributed by atoms with E-state index in [0.29, 0.717) is 31.2 Å². The lowest BCUT2D eigenvalue weighted by Crippen LogP contribution is -2.41. The SMILES string of the molecule is CCOC(=O)CNC(=O)CN1CCc2nc(NC(=O)OCC)sc2C1. The summed E-state index contributed by atoms with van der Waals surface area (Å²) in [4.78, 5) is 42.0. The fourth-order valence-electron chi connectivity index (χ4n) is 2.33. The zero-order valence-electron chi connectivity index (χ0n) is 14.3. The summed E-state index contributed by atoms with van der Waals surface area (Å²) in [6.45, 7) is 5.36. The largest absolute Gasteiger partial charge is 0.465 e. The molecule has 2 amide bonds. The van der Waals surface area contributed by atoms with E-state index in [1.807, 2.05) is 4.90 Å². The Bertz CT molecular complexity index is 633. The van der Waals surface area contributed by atoms with Crippen molar-refractivity contribution in [3.63, 3.8) is 0 Å². The van der Waals surface area contributed by atoms with Crippen molar-refractivity contribution >= 4 is 34.4 Å². The van der Waals surface area contributed by atoms with E-state index in [0.717, 1.165) is 10.6 Å². The molecule has 0 atom stereocenters. The normalized spacial score (nSPS) is 13.7. The van der Waals surface area contributed by atoms with Gasteiger partial charge in [0.2, 0.25) is 5.91 Å². The second-order valence-corrected chi connectivity index (χ2v) is 6.36. The molecule has 9 nitrogen and oxygen atoms in total. The maximum atomic E-state index is 11.9. The van der Waals surface area contributed by atoms with Crippen molar-refractivity contribution in [2.75, 3.05) is 38.2 Å². The molecule has 0 saturated heterocycles. The highest BCUT2D eigenvalue weighted by molar-refractivity contribution is 7.15. The molecule has 0 aromatic carbocycles. The molecule has 138 valence electrons. The molecule has 0 radical (unpaired) electrons. The van der Waals surface area contributed by atoms with E-state index in [-0.39, 0.29) is 25.6 Å². The van der Waals surface area contributed by atoms with Crippen LogP contribution in [0, 0.1) is 0 Å². The highest BCUT2D eigenvalue weighted by atomic mass is 32.1. The molecule has 25 heavy (non-hydrogen) atoms. The Hall–Kier alpha value is -2.20. The zero-order valence-corrected chi connectivity index (χ0v) is 15.1. The third kappa shape index (κ3) is 5.98. The van der Waals surface area contributed by atoms with Crippen molar-refractivity contribution in [1.29, 1.82) is 0 Å². The van der Waals surface area contributed by atoms with Crippen LogP contribution >= 0.6 is 11.3 Å². The molecule has 0 unspecified atom stereocenters. The number of aromatic nitrogens is 1. The molecule has 1 aliphatic rings. The van der Waals surface area contributed by atoms with Crippen LogP contribution in [0.5, 0.6) is 0 Å². The van der Waals surface area contributed by atoms with Crippen LogP contribution in [0.25, 0.3) is 0 Å². The maximum absolute atomic E-state index is 11.9. The highest BCUT2D eigenvalue weighted by Gasteiger charge is 2.23. The molecule has 2 N–H and O–H groups in total. The summed E-state index contributed by atoms with van der Waals surface area (Å²) in [5.41, 5.74) is 0.931. The Kier molecular flexibility index (Phi) is 7.14. The number of amides is 2. The number of fused-ring (bicyclic) bond motifs is 1. The van der Waals surface area contributed by atoms with Gasteiger partial charge in [0.15, 0.2) is 5.13 Å². The van der Waals surface area contributed by atoms with Crippen LogP contribution in [0.2, 0.25) is 0 Å². The van der Waals surface area contributed by atoms with Crippen LogP contribution < -0.4 is 10.6 Å². The summed E-state index contributed by atoms with van der Waals surface area (Å²) in [5.74, 6) is -0.681. The lowest BCUT2D eigenvalue weighted by Gasteiger charge is -2.24. The van der Waals surface area contributed by atoms with Gasteiger partial charge < -0.3 is 14.8 Å². The topological polar surface area (TPSA) is 110 Å². The molecule has 2 rings (SSSR count). The quantitative estimate of drug-likeness (QED) is 0.682. The lowest BCUT2D eigenvalue weighted by atomic mass is 10.2. The fraction of sp³-hybridized carbons (Fsp3) is 0.600. The first-order chi connectivity index (χ1) is 12.0. The summed E-state index contributed by atoms with van der Waals surface area (Å²) >= 11 is 1.37. The van der Waals surface area contributed by atoms with Crippen LogP contribution in [0.15, 0.2) is 0 Å². The third-order valence-electron chi connectivity index (χ3n) is 3.40. The van der Waals surface area contributed by atoms with Crippen molar-refractivity contribution in [3.8, 4) is 0 Å². The Morgan fingerprint density at radius 2 is 2.00 bits per heavy atom. The maximum Gasteiger partial charge on any atom is 0.413 e. The number of ether oxygens (including phenoxy) is 2. The van der Waals surface area contributed by atoms with E-state index < -0.39 is 12.1 Å². The van der Waals surface area contributed by atoms with Gasteiger partial charge in [-0.2, -0.15) is 0 Å². The monoisotopic (exact) mass is 370 g/mol. The number of rotatable bonds is 7. The molecule has 2 heterocycles. The molecule has 1 aromatic rings. The minimum Gasteiger partial charge on any atom is -0.465 e. The standard InChI is InChI=1S/C15H22N4O5S/c1-3-23-13(21)7-16-12(20)9-19-6-5-10-11(8-19)25-14(17-10)18-15(22)24-4-2/h3-9H2,1-2H3,(H,16,20)(H,17,18,22). The Morgan fingerprint density at radius 3 is 2.72 bits per heavy atom. The van der Waals surface area contributed by atoms with Gasteiger partial charge in [-0.05, 0) is 13.8 Å². The van der Waals surface area contributed by atoms with Crippen LogP contribution in [-0.4, -0.2) is 60.7 Å². The van der Waals surface area contributed by atoms with Gasteiger partial charge in [-0.25, -0.2) is 9.78 Å². The zero-order chi connectivity index (χ0) is 18.2. The van der Waals surface area contributed by atoms with Crippen LogP contribution in [0.3, 0.4) is 0 Å². The highest BCUT2D eigenvalue weighted by Crippen LogP contribution is 2.28. The van der Waals surface area contributed by atoms with Gasteiger partial charge in [-0.3, -0.25) is 19.8 Å². The van der Waals surface area contributed by atoms with Crippen molar-refractivity contribution < 1.29 is 23.9 Å². The lowest BCUT2D eigenvalue weighted by molar-refractivity contribution is -0.143. The minimum absolute atomic E-state index is 0.125. The van der Waals surface area contributed by atoms with Gasteiger partial charge >= 0.3 is 12.1 Å². The van der Waals surface area contributed by atoms with Crippen molar-refractivity contribution in [2.24, 2.45) is 0 Å². The van der Waals surface area contributed by atoms with E-state index in [9.17, 15) is 14.4 Å². The predicted molar refractivity (Wildman–Crippen MR) is 91.4 cm³/mol. The number of nitrogens with one attached hydrogen (secondary N) is 2. The number of carbonyl (C=O) groups is 3. The number of esters is 1. The fourth-order valence-corrected chi connectivity index (χ4v) is 3.37. The average Bonchev–Trinajstić information content (AvgIpc) is 2.94. The van der Waals surface area contributed by atoms with E-state index in [1.54, 1.807) is 13.8 Å². The summed E-state index contributed by atoms with van der Waals surface area (Å²) < 4.78 is 9.59. The molecule has 1 aromatic heterocycles. The molecule has 0 spiro atoms. The minimum atomic E-state index is -0.524. The van der Waals surface area contributed by atoms with Crippen molar-refractivity contribution in [1.82, 2.24) is 15.2 Å². The van der Waals surface area contributed by atoms with E-state index in [4.69, 9.17) is 9.47 Å². The molecular formula is C15H22N4O5S. The molecule has 10 heteroatoms. The summed E-state index contributed by atoms with van der Waals surface area (Å²) in [6, 6.07) is 0. The first-order valence-electron chi connectivity index (χ1n) is 8.08. The third-order valence-corrected chi connectivity index (χ3v) is 4.39. The Morgan fingerprint density at radius 1 is 1.24 bits per heavy atom. The number of thiazole rings is 1. The molecule has 0 saturated carbocycles. The number of hydrogen-bond donors (Lipinski definition) is 2. The first-order valence-corrected chi connectivity index (χ1v) is 8.90. The second-order valence-electron chi connectivity index (χ2n) is 5.28. The number of nitrogens with zero attached hydrogens (tertiary/aromatic N) is 2. The van der Waals surface area contributed by atoms with Crippen LogP contribution in [0.1, 0.15) is 24.4 Å². The van der Waals surface area contributed by atoms with Crippen LogP contribution in [-0.2, 0) is 32.0 Å². The second kappa shape index (κ2) is 9.33. The van der Waals surface area contributed by atoms with Gasteiger partial charge in [0.1, 0.15) is 6.54 Å². The molecule has 1 aliphatic heterocycles. The Balaban J connectivity index is 1.82. The summed E-state index contributed by atoms with van der Waals surface area (Å²) in [6.07, 6.45) is 0.172. The van der Waals surface area contributed by atoms with Crippen molar-refractivity contribution in [3.05, 3.63) is 10.6 Å². The van der Waals surface area contributed by atoms with Gasteiger partial charge in [-0.15, -0.1) is 0 Å².